The van der Waals surface area contributed by atoms with Crippen molar-refractivity contribution in [1.82, 2.24) is 9.97 Å². The second-order valence-electron chi connectivity index (χ2n) is 10.4. The van der Waals surface area contributed by atoms with Crippen molar-refractivity contribution in [2.24, 2.45) is 0 Å². The quantitative estimate of drug-likeness (QED) is 0.465. The second-order valence-corrected chi connectivity index (χ2v) is 10.4. The summed E-state index contributed by atoms with van der Waals surface area (Å²) in [7, 11) is 0. The van der Waals surface area contributed by atoms with Crippen molar-refractivity contribution in [3.63, 3.8) is 0 Å². The summed E-state index contributed by atoms with van der Waals surface area (Å²) >= 11 is 0. The Morgan fingerprint density at radius 3 is 2.58 bits per heavy atom. The molecule has 38 heavy (non-hydrogen) atoms. The van der Waals surface area contributed by atoms with Gasteiger partial charge in [-0.3, -0.25) is 9.78 Å². The summed E-state index contributed by atoms with van der Waals surface area (Å²) in [5.74, 6) is 0.0184. The highest BCUT2D eigenvalue weighted by Gasteiger charge is 2.41. The van der Waals surface area contributed by atoms with Gasteiger partial charge in [0.2, 0.25) is 5.88 Å². The van der Waals surface area contributed by atoms with E-state index in [9.17, 15) is 14.3 Å². The highest BCUT2D eigenvalue weighted by molar-refractivity contribution is 6.04. The van der Waals surface area contributed by atoms with E-state index >= 15 is 0 Å². The molecular formula is C29H32FN3O5. The van der Waals surface area contributed by atoms with Crippen LogP contribution in [0.3, 0.4) is 0 Å². The normalized spacial score (nSPS) is 17.5. The number of nitrogens with zero attached hydrogens (tertiary/aromatic N) is 2. The minimum Gasteiger partial charge on any atom is -0.474 e. The van der Waals surface area contributed by atoms with Crippen LogP contribution >= 0.6 is 0 Å². The number of carbonyl (C=O) groups excluding carboxylic acids is 1. The lowest BCUT2D eigenvalue weighted by Crippen LogP contribution is -2.47. The fourth-order valence-electron chi connectivity index (χ4n) is 4.56. The van der Waals surface area contributed by atoms with E-state index in [1.807, 2.05) is 19.1 Å². The zero-order valence-electron chi connectivity index (χ0n) is 21.8. The van der Waals surface area contributed by atoms with Crippen molar-refractivity contribution in [3.8, 4) is 17.0 Å². The number of nitrogens with one attached hydrogen (secondary N) is 1. The van der Waals surface area contributed by atoms with Crippen LogP contribution in [0.1, 0.15) is 53.9 Å². The maximum atomic E-state index is 14.4. The fraction of sp³-hybridized carbons (Fsp3) is 0.414. The average Bonchev–Trinajstić information content (AvgIpc) is 2.89. The fourth-order valence-corrected chi connectivity index (χ4v) is 4.56. The molecule has 0 aliphatic carbocycles. The van der Waals surface area contributed by atoms with Gasteiger partial charge >= 0.3 is 0 Å². The van der Waals surface area contributed by atoms with E-state index in [1.54, 1.807) is 36.7 Å². The number of hydrogen-bond acceptors (Lipinski definition) is 7. The van der Waals surface area contributed by atoms with Gasteiger partial charge in [0.05, 0.1) is 43.9 Å². The highest BCUT2D eigenvalue weighted by atomic mass is 19.1. The van der Waals surface area contributed by atoms with E-state index < -0.39 is 11.3 Å². The Balaban J connectivity index is 1.43. The molecule has 0 unspecified atom stereocenters. The molecular weight excluding hydrogens is 489 g/mol. The SMILES string of the molecule is Cc1ncc(NC(=O)c2cccc(C(C)(C)F)c2)cc1-c1cnc(OC2CCOCC2)c(C2(O)COC2)c1. The molecule has 2 fully saturated rings. The minimum atomic E-state index is -1.56. The Morgan fingerprint density at radius 1 is 1.13 bits per heavy atom. The maximum absolute atomic E-state index is 14.4. The first-order valence-corrected chi connectivity index (χ1v) is 12.8. The number of carbonyl (C=O) groups is 1. The number of aryl methyl sites for hydroxylation is 1. The Bertz CT molecular complexity index is 1330. The summed E-state index contributed by atoms with van der Waals surface area (Å²) < 4.78 is 31.3. The van der Waals surface area contributed by atoms with Crippen molar-refractivity contribution < 1.29 is 28.5 Å². The number of hydrogen-bond donors (Lipinski definition) is 2. The molecule has 0 atom stereocenters. The molecule has 0 spiro atoms. The first-order chi connectivity index (χ1) is 18.1. The number of benzene rings is 1. The Morgan fingerprint density at radius 2 is 1.89 bits per heavy atom. The number of anilines is 1. The molecule has 0 bridgehead atoms. The number of aromatic nitrogens is 2. The van der Waals surface area contributed by atoms with Gasteiger partial charge in [-0.1, -0.05) is 12.1 Å². The van der Waals surface area contributed by atoms with Crippen LogP contribution in [0.2, 0.25) is 0 Å². The van der Waals surface area contributed by atoms with Crippen molar-refractivity contribution in [3.05, 3.63) is 71.2 Å². The van der Waals surface area contributed by atoms with E-state index in [1.165, 1.54) is 13.8 Å². The summed E-state index contributed by atoms with van der Waals surface area (Å²) in [6, 6.07) is 10.2. The Hall–Kier alpha value is -3.40. The number of halogens is 1. The molecule has 8 nitrogen and oxygen atoms in total. The summed E-state index contributed by atoms with van der Waals surface area (Å²) in [5.41, 5.74) is 1.27. The standard InChI is InChI=1S/C29H32FN3O5/c1-18-24(13-22(15-31-18)33-26(34)19-5-4-6-21(11-19)28(2,3)30)20-12-25(29(35)16-37-17-29)27(32-14-20)38-23-7-9-36-10-8-23/h4-6,11-15,23,35H,7-10,16-17H2,1-3H3,(H,33,34). The van der Waals surface area contributed by atoms with E-state index in [-0.39, 0.29) is 25.2 Å². The van der Waals surface area contributed by atoms with Crippen molar-refractivity contribution >= 4 is 11.6 Å². The summed E-state index contributed by atoms with van der Waals surface area (Å²) in [6.07, 6.45) is 4.74. The summed E-state index contributed by atoms with van der Waals surface area (Å²) in [6.45, 7) is 6.34. The molecule has 2 aliphatic rings. The van der Waals surface area contributed by atoms with E-state index in [0.717, 1.165) is 29.7 Å². The first-order valence-electron chi connectivity index (χ1n) is 12.8. The van der Waals surface area contributed by atoms with Crippen LogP contribution in [0.25, 0.3) is 11.1 Å². The van der Waals surface area contributed by atoms with Crippen LogP contribution in [0.4, 0.5) is 10.1 Å². The lowest BCUT2D eigenvalue weighted by Gasteiger charge is -2.38. The number of pyridine rings is 2. The molecule has 2 aromatic heterocycles. The van der Waals surface area contributed by atoms with Gasteiger partial charge in [-0.2, -0.15) is 0 Å². The van der Waals surface area contributed by atoms with Gasteiger partial charge in [0.15, 0.2) is 0 Å². The zero-order valence-corrected chi connectivity index (χ0v) is 21.8. The Kier molecular flexibility index (Phi) is 7.17. The van der Waals surface area contributed by atoms with Gasteiger partial charge < -0.3 is 24.6 Å². The lowest BCUT2D eigenvalue weighted by molar-refractivity contribution is -0.185. The molecule has 200 valence electrons. The number of aliphatic hydroxyl groups is 1. The number of alkyl halides is 1. The van der Waals surface area contributed by atoms with Gasteiger partial charge in [-0.15, -0.1) is 0 Å². The lowest BCUT2D eigenvalue weighted by atomic mass is 9.90. The van der Waals surface area contributed by atoms with Crippen LogP contribution in [-0.4, -0.2) is 53.5 Å². The van der Waals surface area contributed by atoms with Gasteiger partial charge in [0.25, 0.3) is 5.91 Å². The third-order valence-electron chi connectivity index (χ3n) is 6.95. The summed E-state index contributed by atoms with van der Waals surface area (Å²) in [5, 5.41) is 14.0. The summed E-state index contributed by atoms with van der Waals surface area (Å²) in [4.78, 5) is 22.0. The average molecular weight is 522 g/mol. The van der Waals surface area contributed by atoms with Crippen LogP contribution in [0.5, 0.6) is 5.88 Å². The molecule has 3 aromatic rings. The van der Waals surface area contributed by atoms with Gasteiger partial charge in [0.1, 0.15) is 17.4 Å². The molecule has 5 rings (SSSR count). The van der Waals surface area contributed by atoms with E-state index in [0.29, 0.717) is 41.5 Å². The highest BCUT2D eigenvalue weighted by Crippen LogP contribution is 2.38. The van der Waals surface area contributed by atoms with E-state index in [2.05, 4.69) is 15.3 Å². The van der Waals surface area contributed by atoms with Crippen LogP contribution in [0, 0.1) is 6.92 Å². The van der Waals surface area contributed by atoms with Crippen LogP contribution in [-0.2, 0) is 20.7 Å². The largest absolute Gasteiger partial charge is 0.474 e. The smallest absolute Gasteiger partial charge is 0.255 e. The maximum Gasteiger partial charge on any atom is 0.255 e. The molecule has 4 heterocycles. The van der Waals surface area contributed by atoms with Gasteiger partial charge in [-0.05, 0) is 50.6 Å². The Labute approximate surface area is 221 Å². The predicted octanol–water partition coefficient (Wildman–Crippen LogP) is 4.68. The molecule has 9 heteroatoms. The molecule has 2 aliphatic heterocycles. The van der Waals surface area contributed by atoms with Crippen LogP contribution < -0.4 is 10.1 Å². The third-order valence-corrected chi connectivity index (χ3v) is 6.95. The van der Waals surface area contributed by atoms with Crippen LogP contribution in [0.15, 0.2) is 48.8 Å². The molecule has 0 radical (unpaired) electrons. The number of rotatable bonds is 7. The van der Waals surface area contributed by atoms with Crippen molar-refractivity contribution in [1.29, 1.82) is 0 Å². The first kappa shape index (κ1) is 26.2. The zero-order chi connectivity index (χ0) is 26.9. The predicted molar refractivity (Wildman–Crippen MR) is 140 cm³/mol. The number of amides is 1. The number of ether oxygens (including phenoxy) is 3. The molecule has 0 saturated carbocycles. The molecule has 1 aromatic carbocycles. The monoisotopic (exact) mass is 521 g/mol. The van der Waals surface area contributed by atoms with Crippen molar-refractivity contribution in [2.45, 2.75) is 51.0 Å². The van der Waals surface area contributed by atoms with E-state index in [4.69, 9.17) is 14.2 Å². The second kappa shape index (κ2) is 10.4. The van der Waals surface area contributed by atoms with Gasteiger partial charge in [-0.25, -0.2) is 9.37 Å². The molecule has 2 N–H and O–H groups in total. The molecule has 2 saturated heterocycles. The topological polar surface area (TPSA) is 103 Å². The van der Waals surface area contributed by atoms with Gasteiger partial charge in [0, 0.05) is 41.4 Å². The minimum absolute atomic E-state index is 0.0335. The third kappa shape index (κ3) is 5.55. The molecule has 1 amide bonds. The van der Waals surface area contributed by atoms with Crippen molar-refractivity contribution in [2.75, 3.05) is 31.7 Å².